The first-order chi connectivity index (χ1) is 29.5. The number of ether oxygens (including phenoxy) is 2. The van der Waals surface area contributed by atoms with E-state index in [9.17, 15) is 24.2 Å². The van der Waals surface area contributed by atoms with Gasteiger partial charge in [-0.25, -0.2) is 4.57 Å². The number of aliphatic hydroxyl groups excluding tert-OH is 1. The monoisotopic (exact) mass is 878 g/mol. The normalized spacial score (nSPS) is 14.1. The van der Waals surface area contributed by atoms with E-state index in [4.69, 9.17) is 28.7 Å². The van der Waals surface area contributed by atoms with Gasteiger partial charge in [0.05, 0.1) is 19.3 Å². The molecular weight excluding hydrogens is 794 g/mol. The minimum absolute atomic E-state index is 0.0328. The largest absolute Gasteiger partial charge is 0.472 e. The van der Waals surface area contributed by atoms with Crippen LogP contribution in [0.1, 0.15) is 184 Å². The lowest BCUT2D eigenvalue weighted by Gasteiger charge is -2.19. The number of unbranched alkanes of at least 4 members (excludes halogenated alkanes) is 13. The summed E-state index contributed by atoms with van der Waals surface area (Å²) in [5.41, 5.74) is 8.04. The first-order valence-electron chi connectivity index (χ1n) is 23.5. The second kappa shape index (κ2) is 37.7. The van der Waals surface area contributed by atoms with Crippen LogP contribution in [0.25, 0.3) is 0 Å². The highest BCUT2D eigenvalue weighted by Gasteiger charge is 2.26. The quantitative estimate of drug-likeness (QED) is 0.0248. The molecule has 12 heteroatoms. The number of allylic oxidation sites excluding steroid dienone is 8. The topological polar surface area (TPSA) is 168 Å². The van der Waals surface area contributed by atoms with Gasteiger partial charge in [-0.2, -0.15) is 0 Å². The number of aliphatic hydroxyl groups is 1. The van der Waals surface area contributed by atoms with Crippen molar-refractivity contribution in [2.75, 3.05) is 26.4 Å². The summed E-state index contributed by atoms with van der Waals surface area (Å²) in [5.74, 6) is 1.44. The number of hydrogen-bond donors (Lipinski definition) is 3. The summed E-state index contributed by atoms with van der Waals surface area (Å²) < 4.78 is 39.0. The standard InChI is InChI=1S/C49H84NO10P/c1-5-6-28-34-46-43(3)44(4)47(60-46)35-30-25-21-17-14-15-18-22-26-31-36-48(52)56-40-45(41-58-61(54,55)57-39-38-50)59-49(53)37-32-27-23-19-13-11-9-7-8-10-12-16-20-24-29-33-42(2)51/h8-11,16,19-20,23,42,45,51H,5-7,12-15,17-18,21-22,24-41,50H2,1-4H3,(H,54,55)/b10-8-,11-9-,20-16-,23-19-/t42-,45+/m0/s1. The smallest absolute Gasteiger partial charge is 0.466 e. The average Bonchev–Trinajstić information content (AvgIpc) is 3.50. The van der Waals surface area contributed by atoms with Crippen LogP contribution < -0.4 is 5.73 Å². The number of phosphoric ester groups is 1. The van der Waals surface area contributed by atoms with Crippen molar-refractivity contribution in [2.24, 2.45) is 5.73 Å². The maximum absolute atomic E-state index is 12.6. The molecule has 61 heavy (non-hydrogen) atoms. The molecule has 0 saturated carbocycles. The Morgan fingerprint density at radius 1 is 0.672 bits per heavy atom. The number of carbonyl (C=O) groups excluding carboxylic acids is 2. The van der Waals surface area contributed by atoms with E-state index in [1.807, 2.05) is 13.0 Å². The Morgan fingerprint density at radius 3 is 1.70 bits per heavy atom. The molecule has 0 fully saturated rings. The molecule has 1 heterocycles. The molecule has 1 rings (SSSR count). The molecule has 1 unspecified atom stereocenters. The van der Waals surface area contributed by atoms with E-state index < -0.39 is 32.5 Å². The highest BCUT2D eigenvalue weighted by Crippen LogP contribution is 2.43. The highest BCUT2D eigenvalue weighted by atomic mass is 31.2. The van der Waals surface area contributed by atoms with E-state index in [2.05, 4.69) is 63.3 Å². The third-order valence-corrected chi connectivity index (χ3v) is 11.4. The summed E-state index contributed by atoms with van der Waals surface area (Å²) in [6.45, 7) is 7.55. The summed E-state index contributed by atoms with van der Waals surface area (Å²) in [7, 11) is -4.41. The third-order valence-electron chi connectivity index (χ3n) is 10.4. The predicted molar refractivity (Wildman–Crippen MR) is 247 cm³/mol. The second-order valence-electron chi connectivity index (χ2n) is 16.1. The van der Waals surface area contributed by atoms with Gasteiger partial charge in [0, 0.05) is 32.2 Å². The molecule has 0 aliphatic rings. The molecule has 1 aromatic rings. The Hall–Kier alpha value is -2.79. The number of esters is 2. The molecule has 0 bridgehead atoms. The summed E-state index contributed by atoms with van der Waals surface area (Å²) in [6, 6.07) is 0. The Kier molecular flexibility index (Phi) is 34.8. The molecule has 0 spiro atoms. The van der Waals surface area contributed by atoms with Crippen molar-refractivity contribution in [2.45, 2.75) is 200 Å². The molecule has 1 aromatic heterocycles. The van der Waals surface area contributed by atoms with Crippen molar-refractivity contribution < 1.29 is 47.1 Å². The number of carbonyl (C=O) groups is 2. The van der Waals surface area contributed by atoms with E-state index in [1.165, 1.54) is 80.4 Å². The van der Waals surface area contributed by atoms with Gasteiger partial charge in [0.1, 0.15) is 18.1 Å². The number of phosphoric acid groups is 1. The fraction of sp³-hybridized carbons (Fsp3) is 0.714. The molecule has 0 amide bonds. The molecular formula is C49H84NO10P. The van der Waals surface area contributed by atoms with Gasteiger partial charge < -0.3 is 29.6 Å². The average molecular weight is 878 g/mol. The summed E-state index contributed by atoms with van der Waals surface area (Å²) in [5, 5.41) is 9.28. The van der Waals surface area contributed by atoms with Gasteiger partial charge in [-0.05, 0) is 103 Å². The zero-order valence-corrected chi connectivity index (χ0v) is 39.4. The van der Waals surface area contributed by atoms with Gasteiger partial charge in [-0.3, -0.25) is 18.6 Å². The minimum Gasteiger partial charge on any atom is -0.466 e. The number of hydrogen-bond acceptors (Lipinski definition) is 10. The fourth-order valence-electron chi connectivity index (χ4n) is 6.65. The minimum atomic E-state index is -4.41. The van der Waals surface area contributed by atoms with Crippen LogP contribution in [0.5, 0.6) is 0 Å². The van der Waals surface area contributed by atoms with E-state index in [-0.39, 0.29) is 38.7 Å². The third kappa shape index (κ3) is 32.5. The summed E-state index contributed by atoms with van der Waals surface area (Å²) >= 11 is 0. The van der Waals surface area contributed by atoms with Crippen molar-refractivity contribution in [1.29, 1.82) is 0 Å². The molecule has 0 aromatic carbocycles. The molecule has 0 aliphatic carbocycles. The van der Waals surface area contributed by atoms with E-state index in [0.717, 1.165) is 70.6 Å². The lowest BCUT2D eigenvalue weighted by Crippen LogP contribution is -2.29. The molecule has 0 radical (unpaired) electrons. The first-order valence-corrected chi connectivity index (χ1v) is 25.0. The Labute approximate surface area is 369 Å². The van der Waals surface area contributed by atoms with Crippen molar-refractivity contribution in [3.05, 3.63) is 71.3 Å². The van der Waals surface area contributed by atoms with Crippen molar-refractivity contribution >= 4 is 19.8 Å². The molecule has 350 valence electrons. The lowest BCUT2D eigenvalue weighted by atomic mass is 10.0. The van der Waals surface area contributed by atoms with E-state index >= 15 is 0 Å². The zero-order valence-electron chi connectivity index (χ0n) is 38.5. The van der Waals surface area contributed by atoms with Crippen LogP contribution in [0.3, 0.4) is 0 Å². The van der Waals surface area contributed by atoms with Gasteiger partial charge in [-0.15, -0.1) is 0 Å². The van der Waals surface area contributed by atoms with Crippen LogP contribution >= 0.6 is 7.82 Å². The Morgan fingerprint density at radius 2 is 1.16 bits per heavy atom. The van der Waals surface area contributed by atoms with E-state index in [1.54, 1.807) is 0 Å². The summed E-state index contributed by atoms with van der Waals surface area (Å²) in [4.78, 5) is 35.0. The number of furan rings is 1. The van der Waals surface area contributed by atoms with Crippen LogP contribution in [-0.4, -0.2) is 60.5 Å². The lowest BCUT2D eigenvalue weighted by molar-refractivity contribution is -0.161. The zero-order chi connectivity index (χ0) is 44.8. The molecule has 0 aliphatic heterocycles. The van der Waals surface area contributed by atoms with Crippen LogP contribution in [0.2, 0.25) is 0 Å². The number of aryl methyl sites for hydroxylation is 2. The van der Waals surface area contributed by atoms with Crippen molar-refractivity contribution in [3.63, 3.8) is 0 Å². The van der Waals surface area contributed by atoms with Crippen LogP contribution in [0.4, 0.5) is 0 Å². The van der Waals surface area contributed by atoms with Crippen LogP contribution in [-0.2, 0) is 45.5 Å². The molecule has 3 atom stereocenters. The fourth-order valence-corrected chi connectivity index (χ4v) is 7.41. The van der Waals surface area contributed by atoms with Gasteiger partial charge in [0.25, 0.3) is 0 Å². The maximum atomic E-state index is 12.6. The SMILES string of the molecule is CCCCCc1oc(CCCCCCCCCCCCC(=O)OC[C@H](COP(=O)(O)OCCN)OC(=O)CCC/C=C\C/C=C\C/C=C\C/C=C\CCC[C@H](C)O)c(C)c1C. The van der Waals surface area contributed by atoms with Gasteiger partial charge in [-0.1, -0.05) is 120 Å². The second-order valence-corrected chi connectivity index (χ2v) is 17.6. The molecule has 11 nitrogen and oxygen atoms in total. The first kappa shape index (κ1) is 56.2. The van der Waals surface area contributed by atoms with Crippen molar-refractivity contribution in [1.82, 2.24) is 0 Å². The number of nitrogens with two attached hydrogens (primary N) is 1. The predicted octanol–water partition coefficient (Wildman–Crippen LogP) is 12.1. The van der Waals surface area contributed by atoms with E-state index in [0.29, 0.717) is 19.3 Å². The van der Waals surface area contributed by atoms with Crippen LogP contribution in [0, 0.1) is 13.8 Å². The van der Waals surface area contributed by atoms with Crippen LogP contribution in [0.15, 0.2) is 53.0 Å². The maximum Gasteiger partial charge on any atom is 0.472 e. The molecule has 0 saturated heterocycles. The van der Waals surface area contributed by atoms with Crippen molar-refractivity contribution in [3.8, 4) is 0 Å². The molecule has 4 N–H and O–H groups in total. The Bertz CT molecular complexity index is 1430. The van der Waals surface area contributed by atoms with Gasteiger partial charge in [0.2, 0.25) is 0 Å². The summed E-state index contributed by atoms with van der Waals surface area (Å²) in [6.07, 6.45) is 39.5. The number of rotatable bonds is 40. The van der Waals surface area contributed by atoms with Gasteiger partial charge >= 0.3 is 19.8 Å². The van der Waals surface area contributed by atoms with Gasteiger partial charge in [0.15, 0.2) is 6.10 Å². The highest BCUT2D eigenvalue weighted by molar-refractivity contribution is 7.47. The Balaban J connectivity index is 2.25.